The van der Waals surface area contributed by atoms with Gasteiger partial charge in [-0.2, -0.15) is 5.26 Å². The number of amides is 2. The van der Waals surface area contributed by atoms with E-state index in [-0.39, 0.29) is 12.8 Å². The van der Waals surface area contributed by atoms with Gasteiger partial charge in [0.1, 0.15) is 12.1 Å². The number of nitrogens with one attached hydrogen (secondary N) is 2. The van der Waals surface area contributed by atoms with E-state index in [9.17, 15) is 24.8 Å². The summed E-state index contributed by atoms with van der Waals surface area (Å²) in [6.07, 6.45) is 0.191. The number of hydrogen-bond donors (Lipinski definition) is 3. The van der Waals surface area contributed by atoms with Crippen molar-refractivity contribution in [1.29, 1.82) is 5.26 Å². The number of carbonyl (C=O) groups is 3. The molecule has 0 saturated carbocycles. The molecule has 7 heteroatoms. The van der Waals surface area contributed by atoms with Crippen molar-refractivity contribution < 1.29 is 19.5 Å². The first kappa shape index (κ1) is 20.6. The lowest BCUT2D eigenvalue weighted by molar-refractivity contribution is -0.142. The van der Waals surface area contributed by atoms with Crippen LogP contribution in [0, 0.1) is 11.3 Å². The zero-order chi connectivity index (χ0) is 20.5. The van der Waals surface area contributed by atoms with Crippen LogP contribution in [0.5, 0.6) is 0 Å². The summed E-state index contributed by atoms with van der Waals surface area (Å²) in [5.74, 6) is -2.21. The van der Waals surface area contributed by atoms with Gasteiger partial charge < -0.3 is 15.7 Å². The molecule has 2 aromatic rings. The first-order valence-electron chi connectivity index (χ1n) is 8.73. The summed E-state index contributed by atoms with van der Waals surface area (Å²) in [5.41, 5.74) is 1.71. The normalized spacial score (nSPS) is 12.3. The lowest BCUT2D eigenvalue weighted by atomic mass is 10.00. The number of carbonyl (C=O) groups excluding carboxylic acids is 2. The highest BCUT2D eigenvalue weighted by Gasteiger charge is 2.27. The van der Waals surface area contributed by atoms with Gasteiger partial charge in [-0.25, -0.2) is 4.79 Å². The van der Waals surface area contributed by atoms with E-state index in [4.69, 9.17) is 0 Å². The lowest BCUT2D eigenvalue weighted by Gasteiger charge is -2.21. The predicted octanol–water partition coefficient (Wildman–Crippen LogP) is 1.42. The minimum absolute atomic E-state index is 0.0388. The molecule has 7 nitrogen and oxygen atoms in total. The summed E-state index contributed by atoms with van der Waals surface area (Å²) in [7, 11) is 0. The fourth-order valence-electron chi connectivity index (χ4n) is 2.80. The van der Waals surface area contributed by atoms with Crippen molar-refractivity contribution in [1.82, 2.24) is 10.6 Å². The molecule has 144 valence electrons. The largest absolute Gasteiger partial charge is 0.480 e. The molecular weight excluding hydrogens is 358 g/mol. The van der Waals surface area contributed by atoms with Crippen molar-refractivity contribution in [2.45, 2.75) is 31.8 Å². The van der Waals surface area contributed by atoms with E-state index in [1.807, 2.05) is 36.4 Å². The van der Waals surface area contributed by atoms with E-state index in [0.29, 0.717) is 11.1 Å². The van der Waals surface area contributed by atoms with Crippen LogP contribution in [-0.4, -0.2) is 35.0 Å². The molecule has 0 fully saturated rings. The summed E-state index contributed by atoms with van der Waals surface area (Å²) in [4.78, 5) is 35.8. The number of aliphatic carboxylic acids is 1. The molecule has 2 rings (SSSR count). The number of nitrogens with zero attached hydrogens (tertiary/aromatic N) is 1. The molecule has 0 heterocycles. The molecule has 0 aliphatic carbocycles. The van der Waals surface area contributed by atoms with Gasteiger partial charge in [0.15, 0.2) is 0 Å². The molecule has 0 radical (unpaired) electrons. The molecular formula is C21H21N3O4. The summed E-state index contributed by atoms with van der Waals surface area (Å²) >= 11 is 0. The van der Waals surface area contributed by atoms with Crippen molar-refractivity contribution in [2.75, 3.05) is 0 Å². The highest BCUT2D eigenvalue weighted by Crippen LogP contribution is 2.11. The van der Waals surface area contributed by atoms with Crippen LogP contribution < -0.4 is 10.6 Å². The molecule has 28 heavy (non-hydrogen) atoms. The second-order valence-corrected chi connectivity index (χ2v) is 6.32. The van der Waals surface area contributed by atoms with Gasteiger partial charge in [0.25, 0.3) is 0 Å². The topological polar surface area (TPSA) is 119 Å². The molecule has 2 aromatic carbocycles. The van der Waals surface area contributed by atoms with Gasteiger partial charge >= 0.3 is 5.97 Å². The Morgan fingerprint density at radius 1 is 0.964 bits per heavy atom. The average Bonchev–Trinajstić information content (AvgIpc) is 2.67. The van der Waals surface area contributed by atoms with Gasteiger partial charge in [-0.05, 0) is 17.2 Å². The minimum Gasteiger partial charge on any atom is -0.480 e. The van der Waals surface area contributed by atoms with Crippen LogP contribution in [0.1, 0.15) is 23.6 Å². The van der Waals surface area contributed by atoms with E-state index in [2.05, 4.69) is 10.6 Å². The van der Waals surface area contributed by atoms with Crippen molar-refractivity contribution in [3.63, 3.8) is 0 Å². The van der Waals surface area contributed by atoms with Crippen LogP contribution in [0.2, 0.25) is 0 Å². The Morgan fingerprint density at radius 3 is 2.21 bits per heavy atom. The maximum Gasteiger partial charge on any atom is 0.326 e. The number of carboxylic acid groups (broad SMARTS) is 1. The molecule has 3 N–H and O–H groups in total. The molecule has 2 amide bonds. The van der Waals surface area contributed by atoms with Gasteiger partial charge in [0.2, 0.25) is 11.8 Å². The molecule has 0 aromatic heterocycles. The summed E-state index contributed by atoms with van der Waals surface area (Å²) in [5, 5.41) is 23.7. The second kappa shape index (κ2) is 9.88. The van der Waals surface area contributed by atoms with Gasteiger partial charge in [0, 0.05) is 19.8 Å². The van der Waals surface area contributed by atoms with Gasteiger partial charge in [-0.15, -0.1) is 0 Å². The summed E-state index contributed by atoms with van der Waals surface area (Å²) < 4.78 is 0. The van der Waals surface area contributed by atoms with E-state index in [0.717, 1.165) is 5.56 Å². The smallest absolute Gasteiger partial charge is 0.326 e. The Balaban J connectivity index is 2.16. The first-order chi connectivity index (χ1) is 13.4. The molecule has 2 atom stereocenters. The van der Waals surface area contributed by atoms with Crippen molar-refractivity contribution in [2.24, 2.45) is 0 Å². The van der Waals surface area contributed by atoms with E-state index in [1.165, 1.54) is 6.92 Å². The van der Waals surface area contributed by atoms with Crippen LogP contribution in [-0.2, 0) is 27.2 Å². The molecule has 0 aliphatic heterocycles. The fraction of sp³-hybridized carbons (Fsp3) is 0.238. The number of nitriles is 1. The quantitative estimate of drug-likeness (QED) is 0.641. The van der Waals surface area contributed by atoms with Crippen LogP contribution in [0.25, 0.3) is 0 Å². The molecule has 0 saturated heterocycles. The molecule has 0 bridgehead atoms. The Labute approximate surface area is 163 Å². The minimum atomic E-state index is -1.23. The predicted molar refractivity (Wildman–Crippen MR) is 102 cm³/mol. The Hall–Kier alpha value is -3.66. The molecule has 0 unspecified atom stereocenters. The Morgan fingerprint density at radius 2 is 1.61 bits per heavy atom. The van der Waals surface area contributed by atoms with Crippen LogP contribution in [0.4, 0.5) is 0 Å². The summed E-state index contributed by atoms with van der Waals surface area (Å²) in [6.45, 7) is 1.29. The third-order valence-electron chi connectivity index (χ3n) is 4.15. The Bertz CT molecular complexity index is 890. The third-order valence-corrected chi connectivity index (χ3v) is 4.15. The monoisotopic (exact) mass is 379 g/mol. The van der Waals surface area contributed by atoms with Crippen LogP contribution in [0.15, 0.2) is 54.6 Å². The second-order valence-electron chi connectivity index (χ2n) is 6.32. The van der Waals surface area contributed by atoms with E-state index in [1.54, 1.807) is 24.3 Å². The Kier molecular flexibility index (Phi) is 7.28. The van der Waals surface area contributed by atoms with Gasteiger partial charge in [0.05, 0.1) is 11.6 Å². The molecule has 0 spiro atoms. The highest BCUT2D eigenvalue weighted by atomic mass is 16.4. The maximum absolute atomic E-state index is 12.7. The number of benzene rings is 2. The van der Waals surface area contributed by atoms with E-state index < -0.39 is 29.9 Å². The maximum atomic E-state index is 12.7. The van der Waals surface area contributed by atoms with Crippen LogP contribution in [0.3, 0.4) is 0 Å². The average molecular weight is 379 g/mol. The zero-order valence-corrected chi connectivity index (χ0v) is 15.4. The van der Waals surface area contributed by atoms with E-state index >= 15 is 0 Å². The summed E-state index contributed by atoms with van der Waals surface area (Å²) in [6, 6.07) is 15.6. The lowest BCUT2D eigenvalue weighted by Crippen LogP contribution is -2.52. The number of hydrogen-bond acceptors (Lipinski definition) is 4. The number of carboxylic acids is 1. The van der Waals surface area contributed by atoms with Crippen molar-refractivity contribution >= 4 is 17.8 Å². The van der Waals surface area contributed by atoms with Gasteiger partial charge in [-0.1, -0.05) is 48.5 Å². The third kappa shape index (κ3) is 5.95. The van der Waals surface area contributed by atoms with Gasteiger partial charge in [-0.3, -0.25) is 9.59 Å². The SMILES string of the molecule is CC(=O)N[C@H](Cc1ccccc1)C(=O)N[C@@H](Cc1ccccc1C#N)C(=O)O. The zero-order valence-electron chi connectivity index (χ0n) is 15.4. The fourth-order valence-corrected chi connectivity index (χ4v) is 2.80. The standard InChI is InChI=1S/C21H21N3O4/c1-14(25)23-18(11-15-7-3-2-4-8-15)20(26)24-19(21(27)28)12-16-9-5-6-10-17(16)13-22/h2-10,18-19H,11-12H2,1H3,(H,23,25)(H,24,26)(H,27,28)/t18-,19+/m1/s1. The van der Waals surface area contributed by atoms with Crippen molar-refractivity contribution in [3.8, 4) is 6.07 Å². The first-order valence-corrected chi connectivity index (χ1v) is 8.73. The van der Waals surface area contributed by atoms with Crippen molar-refractivity contribution in [3.05, 3.63) is 71.3 Å². The highest BCUT2D eigenvalue weighted by molar-refractivity contribution is 5.90. The number of rotatable bonds is 8. The molecule has 0 aliphatic rings. The van der Waals surface area contributed by atoms with Crippen LogP contribution >= 0.6 is 0 Å².